The molecule has 0 saturated carbocycles. The maximum absolute atomic E-state index is 14.1. The molecule has 0 saturated heterocycles. The summed E-state index contributed by atoms with van der Waals surface area (Å²) in [5.41, 5.74) is 2.43. The van der Waals surface area contributed by atoms with E-state index in [-0.39, 0.29) is 18.7 Å². The van der Waals surface area contributed by atoms with Gasteiger partial charge in [0.05, 0.1) is 0 Å². The van der Waals surface area contributed by atoms with Gasteiger partial charge in [0, 0.05) is 12.0 Å². The Morgan fingerprint density at radius 1 is 1.25 bits per heavy atom. The van der Waals surface area contributed by atoms with Gasteiger partial charge in [-0.15, -0.1) is 0 Å². The number of anilines is 1. The molecule has 0 unspecified atom stereocenters. The molecule has 0 fully saturated rings. The Balaban J connectivity index is 2.24. The summed E-state index contributed by atoms with van der Waals surface area (Å²) in [6.07, 6.45) is 1.01. The van der Waals surface area contributed by atoms with Crippen LogP contribution in [0.5, 0.6) is 5.75 Å². The summed E-state index contributed by atoms with van der Waals surface area (Å²) in [6, 6.07) is 10.2. The van der Waals surface area contributed by atoms with Crippen LogP contribution in [0.1, 0.15) is 37.0 Å². The fourth-order valence-corrected chi connectivity index (χ4v) is 2.44. The lowest BCUT2D eigenvalue weighted by Gasteiger charge is -2.19. The first-order valence-electron chi connectivity index (χ1n) is 7.99. The number of hydrogen-bond donors (Lipinski definition) is 1. The van der Waals surface area contributed by atoms with Crippen molar-refractivity contribution >= 4 is 11.6 Å². The number of hydroxylamine groups is 1. The smallest absolute Gasteiger partial charge is 0.250 e. The zero-order valence-electron chi connectivity index (χ0n) is 14.2. The molecular formula is C19H22FNO3. The van der Waals surface area contributed by atoms with Gasteiger partial charge < -0.3 is 4.74 Å². The molecule has 0 bridgehead atoms. The highest BCUT2D eigenvalue weighted by Crippen LogP contribution is 2.27. The van der Waals surface area contributed by atoms with Crippen molar-refractivity contribution in [2.24, 2.45) is 0 Å². The van der Waals surface area contributed by atoms with Crippen molar-refractivity contribution in [1.29, 1.82) is 0 Å². The van der Waals surface area contributed by atoms with Crippen LogP contribution in [-0.2, 0) is 17.8 Å². The molecule has 2 rings (SSSR count). The fraction of sp³-hybridized carbons (Fsp3) is 0.316. The Hall–Kier alpha value is -2.40. The summed E-state index contributed by atoms with van der Waals surface area (Å²) in [6.45, 7) is 5.67. The van der Waals surface area contributed by atoms with Crippen molar-refractivity contribution in [1.82, 2.24) is 0 Å². The normalized spacial score (nSPS) is 10.5. The van der Waals surface area contributed by atoms with Gasteiger partial charge in [0.15, 0.2) is 0 Å². The quantitative estimate of drug-likeness (QED) is 0.630. The average molecular weight is 331 g/mol. The van der Waals surface area contributed by atoms with Crippen molar-refractivity contribution in [2.75, 3.05) is 5.06 Å². The van der Waals surface area contributed by atoms with Gasteiger partial charge in [-0.1, -0.05) is 38.1 Å². The summed E-state index contributed by atoms with van der Waals surface area (Å²) in [5, 5.41) is 10.3. The van der Waals surface area contributed by atoms with E-state index in [9.17, 15) is 14.4 Å². The number of carbonyl (C=O) groups excluding carboxylic acids is 1. The summed E-state index contributed by atoms with van der Waals surface area (Å²) in [7, 11) is 0. The van der Waals surface area contributed by atoms with Crippen LogP contribution >= 0.6 is 0 Å². The van der Waals surface area contributed by atoms with Crippen LogP contribution in [0, 0.1) is 12.7 Å². The molecule has 0 aliphatic carbocycles. The van der Waals surface area contributed by atoms with E-state index in [1.165, 1.54) is 17.7 Å². The molecule has 4 nitrogen and oxygen atoms in total. The predicted molar refractivity (Wildman–Crippen MR) is 90.9 cm³/mol. The predicted octanol–water partition coefficient (Wildman–Crippen LogP) is 4.41. The molecule has 0 radical (unpaired) electrons. The monoisotopic (exact) mass is 331 g/mol. The van der Waals surface area contributed by atoms with Crippen LogP contribution in [0.15, 0.2) is 36.4 Å². The van der Waals surface area contributed by atoms with E-state index in [4.69, 9.17) is 4.74 Å². The largest absolute Gasteiger partial charge is 0.489 e. The number of rotatable bonds is 6. The molecular weight excluding hydrogens is 309 g/mol. The van der Waals surface area contributed by atoms with Crippen LogP contribution in [0.2, 0.25) is 0 Å². The summed E-state index contributed by atoms with van der Waals surface area (Å²) >= 11 is 0. The van der Waals surface area contributed by atoms with Crippen molar-refractivity contribution in [3.05, 3.63) is 58.9 Å². The van der Waals surface area contributed by atoms with Gasteiger partial charge in [0.1, 0.15) is 23.9 Å². The van der Waals surface area contributed by atoms with E-state index in [2.05, 4.69) is 6.92 Å². The number of para-hydroxylation sites is 1. The maximum atomic E-state index is 14.1. The Bertz CT molecular complexity index is 731. The molecule has 0 atom stereocenters. The minimum absolute atomic E-state index is 0.0491. The standard InChI is InChI=1S/C19H22FNO3/c1-4-14-9-10-17(13(3)11-14)24-12-15-7-6-8-16(20)19(15)21(23)18(22)5-2/h6-11,23H,4-5,12H2,1-3H3. The third kappa shape index (κ3) is 3.92. The van der Waals surface area contributed by atoms with E-state index in [1.54, 1.807) is 13.0 Å². The highest BCUT2D eigenvalue weighted by atomic mass is 19.1. The molecule has 5 heteroatoms. The van der Waals surface area contributed by atoms with Crippen molar-refractivity contribution < 1.29 is 19.1 Å². The van der Waals surface area contributed by atoms with Crippen LogP contribution in [0.4, 0.5) is 10.1 Å². The second-order valence-corrected chi connectivity index (χ2v) is 5.55. The lowest BCUT2D eigenvalue weighted by atomic mass is 10.1. The molecule has 0 aliphatic rings. The minimum Gasteiger partial charge on any atom is -0.489 e. The Morgan fingerprint density at radius 3 is 2.62 bits per heavy atom. The third-order valence-corrected chi connectivity index (χ3v) is 3.85. The van der Waals surface area contributed by atoms with Crippen LogP contribution in [0.3, 0.4) is 0 Å². The van der Waals surface area contributed by atoms with Crippen LogP contribution in [-0.4, -0.2) is 11.1 Å². The molecule has 1 amide bonds. The first kappa shape index (κ1) is 17.9. The Morgan fingerprint density at radius 2 is 2.00 bits per heavy atom. The first-order valence-corrected chi connectivity index (χ1v) is 7.99. The van der Waals surface area contributed by atoms with Gasteiger partial charge in [-0.2, -0.15) is 5.06 Å². The number of amides is 1. The number of ether oxygens (including phenoxy) is 1. The number of aryl methyl sites for hydroxylation is 2. The van der Waals surface area contributed by atoms with Gasteiger partial charge >= 0.3 is 0 Å². The Kier molecular flexibility index (Phi) is 5.93. The maximum Gasteiger partial charge on any atom is 0.250 e. The fourth-order valence-electron chi connectivity index (χ4n) is 2.44. The van der Waals surface area contributed by atoms with Crippen molar-refractivity contribution in [3.63, 3.8) is 0 Å². The summed E-state index contributed by atoms with van der Waals surface area (Å²) < 4.78 is 19.9. The topological polar surface area (TPSA) is 49.8 Å². The molecule has 2 aromatic rings. The lowest BCUT2D eigenvalue weighted by molar-refractivity contribution is -0.123. The van der Waals surface area contributed by atoms with Gasteiger partial charge in [0.25, 0.3) is 5.91 Å². The first-order chi connectivity index (χ1) is 11.5. The Labute approximate surface area is 141 Å². The highest BCUT2D eigenvalue weighted by Gasteiger charge is 2.20. The van der Waals surface area contributed by atoms with Gasteiger partial charge in [-0.3, -0.25) is 10.0 Å². The van der Waals surface area contributed by atoms with Crippen LogP contribution in [0.25, 0.3) is 0 Å². The minimum atomic E-state index is -0.668. The number of benzene rings is 2. The van der Waals surface area contributed by atoms with E-state index in [1.807, 2.05) is 25.1 Å². The highest BCUT2D eigenvalue weighted by molar-refractivity contribution is 5.91. The zero-order valence-corrected chi connectivity index (χ0v) is 14.2. The summed E-state index contributed by atoms with van der Waals surface area (Å²) in [4.78, 5) is 11.7. The second kappa shape index (κ2) is 7.93. The molecule has 2 aromatic carbocycles. The number of hydrogen-bond acceptors (Lipinski definition) is 3. The van der Waals surface area contributed by atoms with Gasteiger partial charge in [0.2, 0.25) is 0 Å². The molecule has 24 heavy (non-hydrogen) atoms. The number of nitrogens with zero attached hydrogens (tertiary/aromatic N) is 1. The lowest BCUT2D eigenvalue weighted by Crippen LogP contribution is -2.28. The average Bonchev–Trinajstić information content (AvgIpc) is 2.59. The number of halogens is 1. The van der Waals surface area contributed by atoms with Crippen LogP contribution < -0.4 is 9.80 Å². The molecule has 0 aromatic heterocycles. The third-order valence-electron chi connectivity index (χ3n) is 3.85. The van der Waals surface area contributed by atoms with Crippen molar-refractivity contribution in [3.8, 4) is 5.75 Å². The van der Waals surface area contributed by atoms with E-state index in [0.717, 1.165) is 12.0 Å². The molecule has 0 heterocycles. The molecule has 1 N–H and O–H groups in total. The van der Waals surface area contributed by atoms with E-state index < -0.39 is 11.7 Å². The van der Waals surface area contributed by atoms with Crippen molar-refractivity contribution in [2.45, 2.75) is 40.2 Å². The van der Waals surface area contributed by atoms with E-state index in [0.29, 0.717) is 16.4 Å². The number of carbonyl (C=O) groups is 1. The second-order valence-electron chi connectivity index (χ2n) is 5.55. The molecule has 0 aliphatic heterocycles. The van der Waals surface area contributed by atoms with Gasteiger partial charge in [-0.05, 0) is 36.6 Å². The molecule has 128 valence electrons. The summed E-state index contributed by atoms with van der Waals surface area (Å²) in [5.74, 6) is -0.558. The van der Waals surface area contributed by atoms with Gasteiger partial charge in [-0.25, -0.2) is 4.39 Å². The molecule has 0 spiro atoms. The van der Waals surface area contributed by atoms with E-state index >= 15 is 0 Å². The SMILES string of the molecule is CCC(=O)N(O)c1c(F)cccc1COc1ccc(CC)cc1C. The zero-order chi connectivity index (χ0) is 17.7.